The predicted molar refractivity (Wildman–Crippen MR) is 52.8 cm³/mol. The maximum atomic E-state index is 11.1. The lowest BCUT2D eigenvalue weighted by Gasteiger charge is -2.05. The van der Waals surface area contributed by atoms with E-state index in [4.69, 9.17) is 16.3 Å². The van der Waals surface area contributed by atoms with Gasteiger partial charge in [0.25, 0.3) is 0 Å². The van der Waals surface area contributed by atoms with Gasteiger partial charge in [-0.05, 0) is 19.1 Å². The van der Waals surface area contributed by atoms with Crippen LogP contribution in [0.5, 0.6) is 5.75 Å². The van der Waals surface area contributed by atoms with Crippen molar-refractivity contribution < 1.29 is 14.3 Å². The Morgan fingerprint density at radius 3 is 2.57 bits per heavy atom. The van der Waals surface area contributed by atoms with Crippen LogP contribution in [0.25, 0.3) is 0 Å². The zero-order chi connectivity index (χ0) is 10.6. The summed E-state index contributed by atoms with van der Waals surface area (Å²) in [4.78, 5) is 22.0. The monoisotopic (exact) mass is 212 g/mol. The molecule has 0 spiro atoms. The minimum Gasteiger partial charge on any atom is -0.425 e. The van der Waals surface area contributed by atoms with Gasteiger partial charge in [-0.3, -0.25) is 9.59 Å². The summed E-state index contributed by atoms with van der Waals surface area (Å²) in [6.07, 6.45) is 0. The fraction of sp³-hybridized carbons (Fsp3) is 0.200. The maximum Gasteiger partial charge on any atom is 0.326 e. The van der Waals surface area contributed by atoms with Crippen LogP contribution >= 0.6 is 11.6 Å². The molecule has 1 aromatic carbocycles. The molecule has 14 heavy (non-hydrogen) atoms. The molecule has 0 atom stereocenters. The largest absolute Gasteiger partial charge is 0.425 e. The second-order valence-corrected chi connectivity index (χ2v) is 2.93. The number of alkyl halides is 1. The maximum absolute atomic E-state index is 11.1. The Bertz CT molecular complexity index is 360. The van der Waals surface area contributed by atoms with Crippen LogP contribution in [0.1, 0.15) is 17.3 Å². The number of Topliss-reactive ketones (excluding diaryl/α,β-unsaturated/α-hetero) is 1. The first-order valence-corrected chi connectivity index (χ1v) is 4.55. The van der Waals surface area contributed by atoms with Crippen LogP contribution in [0.4, 0.5) is 0 Å². The summed E-state index contributed by atoms with van der Waals surface area (Å²) in [5, 5.41) is 0. The van der Waals surface area contributed by atoms with E-state index in [1.54, 1.807) is 24.3 Å². The van der Waals surface area contributed by atoms with E-state index in [0.717, 1.165) is 0 Å². The number of hydrogen-bond acceptors (Lipinski definition) is 3. The number of ether oxygens (including phenoxy) is 1. The summed E-state index contributed by atoms with van der Waals surface area (Å²) in [7, 11) is 0. The number of carbonyl (C=O) groups excluding carboxylic acids is 2. The summed E-state index contributed by atoms with van der Waals surface area (Å²) in [5.41, 5.74) is 0.381. The van der Waals surface area contributed by atoms with E-state index in [1.807, 2.05) is 0 Å². The molecule has 0 saturated heterocycles. The zero-order valence-corrected chi connectivity index (χ0v) is 8.38. The van der Waals surface area contributed by atoms with Crippen LogP contribution in [-0.2, 0) is 4.79 Å². The Morgan fingerprint density at radius 1 is 1.36 bits per heavy atom. The molecule has 0 amide bonds. The van der Waals surface area contributed by atoms with Crippen LogP contribution in [0.3, 0.4) is 0 Å². The van der Waals surface area contributed by atoms with Crippen LogP contribution in [-0.4, -0.2) is 17.6 Å². The van der Waals surface area contributed by atoms with E-state index in [9.17, 15) is 9.59 Å². The van der Waals surface area contributed by atoms with Gasteiger partial charge in [-0.15, -0.1) is 11.6 Å². The molecule has 1 aromatic rings. The average Bonchev–Trinajstić information content (AvgIpc) is 2.18. The van der Waals surface area contributed by atoms with Crippen molar-refractivity contribution in [2.24, 2.45) is 0 Å². The quantitative estimate of drug-likeness (QED) is 0.333. The van der Waals surface area contributed by atoms with E-state index < -0.39 is 5.97 Å². The number of para-hydroxylation sites is 1. The third kappa shape index (κ3) is 2.57. The van der Waals surface area contributed by atoms with Crippen molar-refractivity contribution in [1.82, 2.24) is 0 Å². The van der Waals surface area contributed by atoms with E-state index in [2.05, 4.69) is 0 Å². The number of halogens is 1. The van der Waals surface area contributed by atoms with Crippen molar-refractivity contribution in [2.45, 2.75) is 6.92 Å². The molecule has 1 rings (SSSR count). The van der Waals surface area contributed by atoms with Gasteiger partial charge in [0.05, 0.1) is 5.56 Å². The number of esters is 1. The molecule has 0 saturated carbocycles. The number of ketones is 1. The molecule has 0 heterocycles. The molecule has 0 unspecified atom stereocenters. The first kappa shape index (κ1) is 10.7. The van der Waals surface area contributed by atoms with Gasteiger partial charge in [0, 0.05) is 0 Å². The lowest BCUT2D eigenvalue weighted by molar-refractivity contribution is -0.131. The number of carbonyl (C=O) groups is 2. The van der Waals surface area contributed by atoms with Crippen molar-refractivity contribution in [1.29, 1.82) is 0 Å². The molecule has 0 aromatic heterocycles. The molecular weight excluding hydrogens is 204 g/mol. The second kappa shape index (κ2) is 4.77. The van der Waals surface area contributed by atoms with E-state index >= 15 is 0 Å². The minimum absolute atomic E-state index is 0.150. The fourth-order valence-electron chi connectivity index (χ4n) is 0.996. The molecule has 74 valence electrons. The molecule has 0 fully saturated rings. The van der Waals surface area contributed by atoms with Crippen LogP contribution in [0, 0.1) is 0 Å². The molecule has 0 N–H and O–H groups in total. The highest BCUT2D eigenvalue weighted by Gasteiger charge is 2.10. The van der Waals surface area contributed by atoms with Crippen molar-refractivity contribution in [2.75, 3.05) is 5.88 Å². The predicted octanol–water partition coefficient (Wildman–Crippen LogP) is 2.03. The highest BCUT2D eigenvalue weighted by molar-refractivity contribution is 6.26. The van der Waals surface area contributed by atoms with E-state index in [-0.39, 0.29) is 17.4 Å². The topological polar surface area (TPSA) is 43.4 Å². The van der Waals surface area contributed by atoms with E-state index in [1.165, 1.54) is 6.92 Å². The molecule has 4 heteroatoms. The SMILES string of the molecule is CC(=O)c1ccccc1OC(=O)CCl. The number of benzene rings is 1. The zero-order valence-electron chi connectivity index (χ0n) is 7.62. The third-order valence-electron chi connectivity index (χ3n) is 1.60. The summed E-state index contributed by atoms with van der Waals surface area (Å²) < 4.78 is 4.86. The Balaban J connectivity index is 2.95. The van der Waals surface area contributed by atoms with Gasteiger partial charge < -0.3 is 4.74 Å². The van der Waals surface area contributed by atoms with Gasteiger partial charge in [0.15, 0.2) is 5.78 Å². The minimum atomic E-state index is -0.569. The van der Waals surface area contributed by atoms with Crippen molar-refractivity contribution in [3.8, 4) is 5.75 Å². The van der Waals surface area contributed by atoms with E-state index in [0.29, 0.717) is 5.56 Å². The standard InChI is InChI=1S/C10H9ClO3/c1-7(12)8-4-2-3-5-9(8)14-10(13)6-11/h2-5H,6H2,1H3. The summed E-state index contributed by atoms with van der Waals surface area (Å²) in [6.45, 7) is 1.41. The summed E-state index contributed by atoms with van der Waals surface area (Å²) >= 11 is 5.27. The number of hydrogen-bond donors (Lipinski definition) is 0. The Labute approximate surface area is 86.6 Å². The average molecular weight is 213 g/mol. The molecule has 0 aliphatic heterocycles. The lowest BCUT2D eigenvalue weighted by atomic mass is 10.1. The van der Waals surface area contributed by atoms with Gasteiger partial charge in [0.1, 0.15) is 11.6 Å². The summed E-state index contributed by atoms with van der Waals surface area (Å²) in [5.74, 6) is -0.694. The Morgan fingerprint density at radius 2 is 2.00 bits per heavy atom. The highest BCUT2D eigenvalue weighted by Crippen LogP contribution is 2.18. The Hall–Kier alpha value is -1.35. The van der Waals surface area contributed by atoms with Crippen molar-refractivity contribution in [3.05, 3.63) is 29.8 Å². The molecule has 0 bridgehead atoms. The molecule has 0 aliphatic carbocycles. The lowest BCUT2D eigenvalue weighted by Crippen LogP contribution is -2.11. The molecule has 0 radical (unpaired) electrons. The van der Waals surface area contributed by atoms with Crippen molar-refractivity contribution >= 4 is 23.4 Å². The first-order chi connectivity index (χ1) is 6.65. The van der Waals surface area contributed by atoms with Crippen LogP contribution in [0.15, 0.2) is 24.3 Å². The molecular formula is C10H9ClO3. The third-order valence-corrected chi connectivity index (χ3v) is 1.82. The van der Waals surface area contributed by atoms with Crippen molar-refractivity contribution in [3.63, 3.8) is 0 Å². The highest BCUT2D eigenvalue weighted by atomic mass is 35.5. The van der Waals surface area contributed by atoms with Gasteiger partial charge in [0.2, 0.25) is 0 Å². The van der Waals surface area contributed by atoms with Crippen LogP contribution in [0.2, 0.25) is 0 Å². The number of rotatable bonds is 3. The molecule has 0 aliphatic rings. The fourth-order valence-corrected chi connectivity index (χ4v) is 1.05. The first-order valence-electron chi connectivity index (χ1n) is 4.01. The Kier molecular flexibility index (Phi) is 3.65. The van der Waals surface area contributed by atoms with Gasteiger partial charge in [-0.1, -0.05) is 12.1 Å². The van der Waals surface area contributed by atoms with Crippen LogP contribution < -0.4 is 4.74 Å². The smallest absolute Gasteiger partial charge is 0.326 e. The summed E-state index contributed by atoms with van der Waals surface area (Å²) in [6, 6.07) is 6.54. The molecule has 3 nitrogen and oxygen atoms in total. The van der Waals surface area contributed by atoms with Gasteiger partial charge in [-0.2, -0.15) is 0 Å². The van der Waals surface area contributed by atoms with Gasteiger partial charge in [-0.25, -0.2) is 0 Å². The van der Waals surface area contributed by atoms with Gasteiger partial charge >= 0.3 is 5.97 Å². The second-order valence-electron chi connectivity index (χ2n) is 2.66. The normalized spacial score (nSPS) is 9.57.